The molecule has 0 radical (unpaired) electrons. The second-order valence-corrected chi connectivity index (χ2v) is 2.52. The molecule has 0 aliphatic carbocycles. The molecule has 0 aromatic heterocycles. The summed E-state index contributed by atoms with van der Waals surface area (Å²) in [5.74, 6) is -0.942. The normalized spacial score (nSPS) is 11.1. The van der Waals surface area contributed by atoms with Crippen molar-refractivity contribution in [3.63, 3.8) is 0 Å². The van der Waals surface area contributed by atoms with Crippen LogP contribution in [0.3, 0.4) is 0 Å². The maximum absolute atomic E-state index is 10.5. The van der Waals surface area contributed by atoms with E-state index in [1.807, 2.05) is 0 Å². The number of carboxylic acid groups (broad SMARTS) is 1. The maximum atomic E-state index is 10.5. The molecule has 4 heteroatoms. The predicted octanol–water partition coefficient (Wildman–Crippen LogP) is 1.56. The number of allylic oxidation sites excluding steroid dienone is 1. The molecule has 1 aromatic rings. The fourth-order valence-electron chi connectivity index (χ4n) is 0.869. The summed E-state index contributed by atoms with van der Waals surface area (Å²) in [7, 11) is 0. The van der Waals surface area contributed by atoms with Gasteiger partial charge >= 0.3 is 5.97 Å². The molecule has 0 amide bonds. The Hall–Kier alpha value is -2.10. The molecule has 4 nitrogen and oxygen atoms in total. The van der Waals surface area contributed by atoms with Crippen LogP contribution in [0.4, 0.5) is 5.69 Å². The molecule has 0 unspecified atom stereocenters. The molecule has 0 atom stereocenters. The number of nitrogens with two attached hydrogens (primary N) is 1. The topological polar surface area (TPSA) is 75.7 Å². The predicted molar refractivity (Wildman–Crippen MR) is 54.9 cm³/mol. The van der Waals surface area contributed by atoms with Crippen molar-refractivity contribution in [1.29, 1.82) is 0 Å². The van der Waals surface area contributed by atoms with Crippen molar-refractivity contribution in [2.75, 3.05) is 0 Å². The summed E-state index contributed by atoms with van der Waals surface area (Å²) in [6.45, 7) is 0. The monoisotopic (exact) mass is 190 g/mol. The zero-order chi connectivity index (χ0) is 10.4. The molecule has 1 aromatic carbocycles. The summed E-state index contributed by atoms with van der Waals surface area (Å²) in [6.07, 6.45) is 4.50. The second-order valence-electron chi connectivity index (χ2n) is 2.52. The first-order chi connectivity index (χ1) is 6.74. The Balaban J connectivity index is 2.78. The molecular formula is C10H10N2O2. The van der Waals surface area contributed by atoms with E-state index in [0.717, 1.165) is 0 Å². The molecule has 14 heavy (non-hydrogen) atoms. The Kier molecular flexibility index (Phi) is 3.43. The lowest BCUT2D eigenvalue weighted by Crippen LogP contribution is -1.94. The van der Waals surface area contributed by atoms with Crippen LogP contribution in [0.2, 0.25) is 0 Å². The molecule has 0 aliphatic rings. The van der Waals surface area contributed by atoms with E-state index in [2.05, 4.69) is 4.99 Å². The van der Waals surface area contributed by atoms with E-state index in [-0.39, 0.29) is 5.56 Å². The Morgan fingerprint density at radius 2 is 2.00 bits per heavy atom. The summed E-state index contributed by atoms with van der Waals surface area (Å²) < 4.78 is 0. The highest BCUT2D eigenvalue weighted by molar-refractivity contribution is 5.88. The molecule has 0 heterocycles. The summed E-state index contributed by atoms with van der Waals surface area (Å²) >= 11 is 0. The van der Waals surface area contributed by atoms with Crippen LogP contribution in [0.5, 0.6) is 0 Å². The average Bonchev–Trinajstić information content (AvgIpc) is 2.19. The van der Waals surface area contributed by atoms with Crippen LogP contribution in [0.15, 0.2) is 41.5 Å². The number of carbonyl (C=O) groups is 1. The number of rotatable bonds is 3. The van der Waals surface area contributed by atoms with E-state index in [0.29, 0.717) is 5.69 Å². The van der Waals surface area contributed by atoms with Gasteiger partial charge in [-0.25, -0.2) is 4.79 Å². The van der Waals surface area contributed by atoms with E-state index in [4.69, 9.17) is 10.8 Å². The number of hydrogen-bond donors (Lipinski definition) is 2. The van der Waals surface area contributed by atoms with Gasteiger partial charge in [0.25, 0.3) is 0 Å². The Morgan fingerprint density at radius 3 is 2.50 bits per heavy atom. The van der Waals surface area contributed by atoms with Crippen LogP contribution < -0.4 is 5.73 Å². The average molecular weight is 190 g/mol. The van der Waals surface area contributed by atoms with Gasteiger partial charge in [0.15, 0.2) is 0 Å². The molecule has 0 spiro atoms. The fourth-order valence-corrected chi connectivity index (χ4v) is 0.869. The van der Waals surface area contributed by atoms with Crippen molar-refractivity contribution >= 4 is 17.9 Å². The number of benzene rings is 1. The van der Waals surface area contributed by atoms with Crippen LogP contribution in [-0.4, -0.2) is 17.3 Å². The van der Waals surface area contributed by atoms with Crippen LogP contribution in [0.25, 0.3) is 0 Å². The van der Waals surface area contributed by atoms with Crippen LogP contribution >= 0.6 is 0 Å². The summed E-state index contributed by atoms with van der Waals surface area (Å²) in [6, 6.07) is 6.26. The largest absolute Gasteiger partial charge is 0.478 e. The van der Waals surface area contributed by atoms with Crippen molar-refractivity contribution in [1.82, 2.24) is 0 Å². The third kappa shape index (κ3) is 2.75. The van der Waals surface area contributed by atoms with Gasteiger partial charge in [-0.05, 0) is 36.5 Å². The molecule has 0 saturated carbocycles. The van der Waals surface area contributed by atoms with Gasteiger partial charge in [0.1, 0.15) is 0 Å². The highest BCUT2D eigenvalue weighted by atomic mass is 16.4. The van der Waals surface area contributed by atoms with Crippen LogP contribution in [0, 0.1) is 0 Å². The molecular weight excluding hydrogens is 180 g/mol. The summed E-state index contributed by atoms with van der Waals surface area (Å²) in [5.41, 5.74) is 6.04. The van der Waals surface area contributed by atoms with Gasteiger partial charge in [0.2, 0.25) is 0 Å². The van der Waals surface area contributed by atoms with Gasteiger partial charge in [0.05, 0.1) is 11.3 Å². The van der Waals surface area contributed by atoms with E-state index >= 15 is 0 Å². The van der Waals surface area contributed by atoms with Crippen molar-refractivity contribution in [2.24, 2.45) is 10.7 Å². The first-order valence-electron chi connectivity index (χ1n) is 3.98. The Morgan fingerprint density at radius 1 is 1.36 bits per heavy atom. The van der Waals surface area contributed by atoms with Gasteiger partial charge in [0, 0.05) is 6.21 Å². The molecule has 72 valence electrons. The molecule has 3 N–H and O–H groups in total. The van der Waals surface area contributed by atoms with Gasteiger partial charge in [-0.1, -0.05) is 0 Å². The quantitative estimate of drug-likeness (QED) is 0.710. The van der Waals surface area contributed by atoms with Crippen LogP contribution in [-0.2, 0) is 0 Å². The molecule has 0 aliphatic heterocycles. The van der Waals surface area contributed by atoms with Gasteiger partial charge in [-0.2, -0.15) is 0 Å². The smallest absolute Gasteiger partial charge is 0.335 e. The number of carboxylic acids is 1. The molecule has 0 bridgehead atoms. The summed E-state index contributed by atoms with van der Waals surface area (Å²) in [5, 5.41) is 8.62. The first-order valence-corrected chi connectivity index (χ1v) is 3.98. The lowest BCUT2D eigenvalue weighted by atomic mass is 10.2. The van der Waals surface area contributed by atoms with Crippen molar-refractivity contribution in [3.8, 4) is 0 Å². The summed E-state index contributed by atoms with van der Waals surface area (Å²) in [4.78, 5) is 14.5. The van der Waals surface area contributed by atoms with Gasteiger partial charge < -0.3 is 10.8 Å². The molecule has 1 rings (SSSR count). The minimum Gasteiger partial charge on any atom is -0.478 e. The zero-order valence-electron chi connectivity index (χ0n) is 7.42. The maximum Gasteiger partial charge on any atom is 0.335 e. The SMILES string of the molecule is N/C=C\C=Nc1ccc(C(=O)O)cc1. The van der Waals surface area contributed by atoms with Crippen molar-refractivity contribution < 1.29 is 9.90 Å². The highest BCUT2D eigenvalue weighted by Crippen LogP contribution is 2.12. The Bertz CT molecular complexity index is 366. The lowest BCUT2D eigenvalue weighted by molar-refractivity contribution is 0.0697. The van der Waals surface area contributed by atoms with E-state index in [1.54, 1.807) is 18.2 Å². The number of aliphatic imine (C=N–C) groups is 1. The standard InChI is InChI=1S/C10H10N2O2/c11-6-1-7-12-9-4-2-8(3-5-9)10(13)14/h1-7H,11H2,(H,13,14)/b6-1-,12-7?. The van der Waals surface area contributed by atoms with Gasteiger partial charge in [-0.3, -0.25) is 4.99 Å². The number of nitrogens with zero attached hydrogens (tertiary/aromatic N) is 1. The number of hydrogen-bond acceptors (Lipinski definition) is 3. The minimum atomic E-state index is -0.942. The Labute approximate surface area is 81.4 Å². The van der Waals surface area contributed by atoms with Crippen molar-refractivity contribution in [2.45, 2.75) is 0 Å². The zero-order valence-corrected chi connectivity index (χ0v) is 7.42. The van der Waals surface area contributed by atoms with Crippen molar-refractivity contribution in [3.05, 3.63) is 42.1 Å². The van der Waals surface area contributed by atoms with Gasteiger partial charge in [-0.15, -0.1) is 0 Å². The number of aromatic carboxylic acids is 1. The second kappa shape index (κ2) is 4.81. The fraction of sp³-hybridized carbons (Fsp3) is 0. The lowest BCUT2D eigenvalue weighted by Gasteiger charge is -1.94. The molecule has 0 saturated heterocycles. The third-order valence-electron chi connectivity index (χ3n) is 1.54. The van der Waals surface area contributed by atoms with E-state index in [9.17, 15) is 4.79 Å². The third-order valence-corrected chi connectivity index (χ3v) is 1.54. The van der Waals surface area contributed by atoms with E-state index < -0.39 is 5.97 Å². The first kappa shape index (κ1) is 9.98. The van der Waals surface area contributed by atoms with Crippen LogP contribution in [0.1, 0.15) is 10.4 Å². The highest BCUT2D eigenvalue weighted by Gasteiger charge is 1.99. The molecule has 0 fully saturated rings. The van der Waals surface area contributed by atoms with E-state index in [1.165, 1.54) is 24.5 Å². The minimum absolute atomic E-state index is 0.248.